The smallest absolute Gasteiger partial charge is 0.191 e. The zero-order chi connectivity index (χ0) is 15.6. The number of benzene rings is 1. The normalized spacial score (nSPS) is 11.0. The van der Waals surface area contributed by atoms with Crippen molar-refractivity contribution in [2.45, 2.75) is 13.5 Å². The second-order valence-corrected chi connectivity index (χ2v) is 4.67. The summed E-state index contributed by atoms with van der Waals surface area (Å²) in [6.45, 7) is 4.82. The molecular weight excluding hydrogens is 405 g/mol. The van der Waals surface area contributed by atoms with Gasteiger partial charge in [0.05, 0.1) is 12.3 Å². The average molecular weight is 429 g/mol. The molecule has 0 saturated carbocycles. The van der Waals surface area contributed by atoms with E-state index in [4.69, 9.17) is 4.74 Å². The van der Waals surface area contributed by atoms with Crippen molar-refractivity contribution in [2.75, 3.05) is 26.8 Å². The standard InChI is InChI=1S/C16H23N5O.HI/c1-3-22-11-9-18-16(17-2)19-13-14-6-4-7-15(12-14)21-10-5-8-20-21;/h4-8,10,12H,3,9,11,13H2,1-2H3,(H2,17,18,19);1H. The summed E-state index contributed by atoms with van der Waals surface area (Å²) in [5.74, 6) is 0.768. The molecule has 0 aliphatic rings. The Morgan fingerprint density at radius 3 is 2.87 bits per heavy atom. The second-order valence-electron chi connectivity index (χ2n) is 4.67. The number of aromatic nitrogens is 2. The SMILES string of the molecule is CCOCCNC(=NC)NCc1cccc(-n2cccn2)c1.I. The van der Waals surface area contributed by atoms with Crippen LogP contribution in [-0.4, -0.2) is 42.5 Å². The van der Waals surface area contributed by atoms with Crippen LogP contribution in [-0.2, 0) is 11.3 Å². The summed E-state index contributed by atoms with van der Waals surface area (Å²) in [4.78, 5) is 4.19. The van der Waals surface area contributed by atoms with Crippen molar-refractivity contribution >= 4 is 29.9 Å². The number of halogens is 1. The van der Waals surface area contributed by atoms with Crippen LogP contribution >= 0.6 is 24.0 Å². The maximum Gasteiger partial charge on any atom is 0.191 e. The minimum absolute atomic E-state index is 0. The summed E-state index contributed by atoms with van der Waals surface area (Å²) in [7, 11) is 1.76. The van der Waals surface area contributed by atoms with E-state index in [-0.39, 0.29) is 24.0 Å². The molecule has 7 heteroatoms. The van der Waals surface area contributed by atoms with E-state index in [1.54, 1.807) is 13.2 Å². The molecular formula is C16H24IN5O. The number of ether oxygens (including phenoxy) is 1. The number of nitrogens with one attached hydrogen (secondary N) is 2. The largest absolute Gasteiger partial charge is 0.380 e. The van der Waals surface area contributed by atoms with Gasteiger partial charge in [-0.1, -0.05) is 12.1 Å². The first-order valence-corrected chi connectivity index (χ1v) is 7.44. The van der Waals surface area contributed by atoms with Crippen LogP contribution in [0.1, 0.15) is 12.5 Å². The minimum atomic E-state index is 0. The predicted octanol–water partition coefficient (Wildman–Crippen LogP) is 2.19. The summed E-state index contributed by atoms with van der Waals surface area (Å²) in [6, 6.07) is 10.2. The molecule has 1 aromatic carbocycles. The van der Waals surface area contributed by atoms with Crippen LogP contribution in [0.4, 0.5) is 0 Å². The predicted molar refractivity (Wildman–Crippen MR) is 104 cm³/mol. The van der Waals surface area contributed by atoms with Crippen molar-refractivity contribution in [3.05, 3.63) is 48.3 Å². The maximum absolute atomic E-state index is 5.29. The molecule has 1 aromatic heterocycles. The Labute approximate surface area is 154 Å². The van der Waals surface area contributed by atoms with E-state index >= 15 is 0 Å². The lowest BCUT2D eigenvalue weighted by molar-refractivity contribution is 0.152. The molecule has 2 aromatic rings. The van der Waals surface area contributed by atoms with Gasteiger partial charge in [-0.05, 0) is 30.7 Å². The Hall–Kier alpha value is -1.61. The molecule has 0 aliphatic heterocycles. The van der Waals surface area contributed by atoms with Crippen LogP contribution < -0.4 is 10.6 Å². The molecule has 0 aliphatic carbocycles. The number of hydrogen-bond donors (Lipinski definition) is 2. The van der Waals surface area contributed by atoms with E-state index < -0.39 is 0 Å². The third kappa shape index (κ3) is 6.57. The van der Waals surface area contributed by atoms with Crippen LogP contribution in [0.25, 0.3) is 5.69 Å². The van der Waals surface area contributed by atoms with E-state index in [0.717, 1.165) is 24.8 Å². The summed E-state index contributed by atoms with van der Waals surface area (Å²) >= 11 is 0. The van der Waals surface area contributed by atoms with Crippen LogP contribution in [0.3, 0.4) is 0 Å². The fourth-order valence-corrected chi connectivity index (χ4v) is 2.02. The van der Waals surface area contributed by atoms with Gasteiger partial charge in [0.15, 0.2) is 5.96 Å². The van der Waals surface area contributed by atoms with Crippen molar-refractivity contribution in [1.29, 1.82) is 0 Å². The number of hydrogen-bond acceptors (Lipinski definition) is 3. The Bertz CT molecular complexity index is 586. The van der Waals surface area contributed by atoms with Crippen molar-refractivity contribution in [2.24, 2.45) is 4.99 Å². The van der Waals surface area contributed by atoms with Crippen LogP contribution in [0.15, 0.2) is 47.7 Å². The van der Waals surface area contributed by atoms with Crippen LogP contribution in [0, 0.1) is 0 Å². The lowest BCUT2D eigenvalue weighted by Crippen LogP contribution is -2.38. The fraction of sp³-hybridized carbons (Fsp3) is 0.375. The molecule has 0 amide bonds. The number of guanidine groups is 1. The number of nitrogens with zero attached hydrogens (tertiary/aromatic N) is 3. The summed E-state index contributed by atoms with van der Waals surface area (Å²) in [5.41, 5.74) is 2.21. The highest BCUT2D eigenvalue weighted by atomic mass is 127. The molecule has 126 valence electrons. The van der Waals surface area contributed by atoms with Gasteiger partial charge in [-0.15, -0.1) is 24.0 Å². The molecule has 2 N–H and O–H groups in total. The van der Waals surface area contributed by atoms with Gasteiger partial charge in [0.1, 0.15) is 0 Å². The van der Waals surface area contributed by atoms with Gasteiger partial charge in [-0.25, -0.2) is 4.68 Å². The van der Waals surface area contributed by atoms with Gasteiger partial charge in [0, 0.05) is 39.1 Å². The molecule has 0 bridgehead atoms. The average Bonchev–Trinajstić information content (AvgIpc) is 3.09. The molecule has 6 nitrogen and oxygen atoms in total. The van der Waals surface area contributed by atoms with Gasteiger partial charge < -0.3 is 15.4 Å². The lowest BCUT2D eigenvalue weighted by atomic mass is 10.2. The highest BCUT2D eigenvalue weighted by Crippen LogP contribution is 2.09. The maximum atomic E-state index is 5.29. The van der Waals surface area contributed by atoms with Gasteiger partial charge in [0.2, 0.25) is 0 Å². The Morgan fingerprint density at radius 1 is 1.30 bits per heavy atom. The monoisotopic (exact) mass is 429 g/mol. The Balaban J connectivity index is 0.00000264. The third-order valence-electron chi connectivity index (χ3n) is 3.11. The topological polar surface area (TPSA) is 63.5 Å². The first kappa shape index (κ1) is 19.4. The van der Waals surface area contributed by atoms with E-state index in [9.17, 15) is 0 Å². The van der Waals surface area contributed by atoms with Gasteiger partial charge in [-0.3, -0.25) is 4.99 Å². The summed E-state index contributed by atoms with van der Waals surface area (Å²) in [6.07, 6.45) is 3.70. The first-order valence-electron chi connectivity index (χ1n) is 7.44. The molecule has 0 spiro atoms. The fourth-order valence-electron chi connectivity index (χ4n) is 2.02. The van der Waals surface area contributed by atoms with Gasteiger partial charge in [0.25, 0.3) is 0 Å². The van der Waals surface area contributed by atoms with Crippen molar-refractivity contribution in [3.63, 3.8) is 0 Å². The molecule has 0 radical (unpaired) electrons. The van der Waals surface area contributed by atoms with E-state index in [1.165, 1.54) is 5.56 Å². The molecule has 2 rings (SSSR count). The van der Waals surface area contributed by atoms with E-state index in [0.29, 0.717) is 13.2 Å². The molecule has 23 heavy (non-hydrogen) atoms. The third-order valence-corrected chi connectivity index (χ3v) is 3.11. The molecule has 0 atom stereocenters. The zero-order valence-corrected chi connectivity index (χ0v) is 15.9. The molecule has 0 saturated heterocycles. The second kappa shape index (κ2) is 11.0. The summed E-state index contributed by atoms with van der Waals surface area (Å²) in [5, 5.41) is 10.7. The van der Waals surface area contributed by atoms with Crippen molar-refractivity contribution in [1.82, 2.24) is 20.4 Å². The quantitative estimate of drug-likeness (QED) is 0.307. The number of aliphatic imine (C=N–C) groups is 1. The van der Waals surface area contributed by atoms with E-state index in [2.05, 4.69) is 32.9 Å². The highest BCUT2D eigenvalue weighted by Gasteiger charge is 2.01. The Morgan fingerprint density at radius 2 is 2.17 bits per heavy atom. The lowest BCUT2D eigenvalue weighted by Gasteiger charge is -2.12. The number of rotatable bonds is 7. The van der Waals surface area contributed by atoms with Crippen LogP contribution in [0.2, 0.25) is 0 Å². The zero-order valence-electron chi connectivity index (χ0n) is 13.5. The first-order chi connectivity index (χ1) is 10.8. The highest BCUT2D eigenvalue weighted by molar-refractivity contribution is 14.0. The van der Waals surface area contributed by atoms with Gasteiger partial charge in [-0.2, -0.15) is 5.10 Å². The summed E-state index contributed by atoms with van der Waals surface area (Å²) < 4.78 is 7.14. The molecule has 0 fully saturated rings. The molecule has 0 unspecified atom stereocenters. The molecule has 1 heterocycles. The van der Waals surface area contributed by atoms with Crippen LogP contribution in [0.5, 0.6) is 0 Å². The van der Waals surface area contributed by atoms with Crippen molar-refractivity contribution in [3.8, 4) is 5.69 Å². The minimum Gasteiger partial charge on any atom is -0.380 e. The Kier molecular flexibility index (Phi) is 9.30. The van der Waals surface area contributed by atoms with Crippen molar-refractivity contribution < 1.29 is 4.74 Å². The van der Waals surface area contributed by atoms with E-state index in [1.807, 2.05) is 36.0 Å². The van der Waals surface area contributed by atoms with Gasteiger partial charge >= 0.3 is 0 Å².